The minimum absolute atomic E-state index is 0.150. The number of nitrogens with zero attached hydrogens (tertiary/aromatic N) is 2. The van der Waals surface area contributed by atoms with Crippen molar-refractivity contribution >= 4 is 0 Å². The Bertz CT molecular complexity index is 290. The van der Waals surface area contributed by atoms with Crippen LogP contribution in [-0.4, -0.2) is 65.4 Å². The third-order valence-electron chi connectivity index (χ3n) is 4.53. The Morgan fingerprint density at radius 2 is 1.63 bits per heavy atom. The SMILES string of the molecule is CC(N1CCN(C2CCCCC2O)CC1)C(F)(F)F. The van der Waals surface area contributed by atoms with E-state index < -0.39 is 12.2 Å². The summed E-state index contributed by atoms with van der Waals surface area (Å²) < 4.78 is 38.0. The van der Waals surface area contributed by atoms with Gasteiger partial charge in [-0.3, -0.25) is 9.80 Å². The second-order valence-electron chi connectivity index (χ2n) is 5.71. The minimum Gasteiger partial charge on any atom is -0.391 e. The molecule has 3 unspecified atom stereocenters. The van der Waals surface area contributed by atoms with Crippen molar-refractivity contribution in [3.05, 3.63) is 0 Å². The second-order valence-corrected chi connectivity index (χ2v) is 5.71. The smallest absolute Gasteiger partial charge is 0.391 e. The van der Waals surface area contributed by atoms with Crippen molar-refractivity contribution in [2.24, 2.45) is 0 Å². The summed E-state index contributed by atoms with van der Waals surface area (Å²) >= 11 is 0. The maximum atomic E-state index is 12.7. The van der Waals surface area contributed by atoms with E-state index in [1.165, 1.54) is 11.8 Å². The molecule has 1 heterocycles. The molecule has 0 aromatic heterocycles. The Kier molecular flexibility index (Phi) is 4.74. The fraction of sp³-hybridized carbons (Fsp3) is 1.00. The van der Waals surface area contributed by atoms with Gasteiger partial charge in [0.05, 0.1) is 6.10 Å². The monoisotopic (exact) mass is 280 g/mol. The third kappa shape index (κ3) is 3.61. The van der Waals surface area contributed by atoms with Crippen LogP contribution in [0.1, 0.15) is 32.6 Å². The maximum absolute atomic E-state index is 12.7. The van der Waals surface area contributed by atoms with E-state index in [-0.39, 0.29) is 12.1 Å². The van der Waals surface area contributed by atoms with E-state index in [0.29, 0.717) is 26.2 Å². The molecule has 3 nitrogen and oxygen atoms in total. The van der Waals surface area contributed by atoms with Crippen molar-refractivity contribution in [2.75, 3.05) is 26.2 Å². The zero-order valence-electron chi connectivity index (χ0n) is 11.4. The largest absolute Gasteiger partial charge is 0.403 e. The molecule has 0 bridgehead atoms. The molecule has 6 heteroatoms. The van der Waals surface area contributed by atoms with Gasteiger partial charge in [0.15, 0.2) is 0 Å². The van der Waals surface area contributed by atoms with Crippen LogP contribution in [0.5, 0.6) is 0 Å². The van der Waals surface area contributed by atoms with Crippen molar-refractivity contribution in [1.82, 2.24) is 9.80 Å². The van der Waals surface area contributed by atoms with Gasteiger partial charge >= 0.3 is 6.18 Å². The molecule has 0 aromatic carbocycles. The van der Waals surface area contributed by atoms with E-state index in [0.717, 1.165) is 25.7 Å². The van der Waals surface area contributed by atoms with Crippen molar-refractivity contribution in [3.8, 4) is 0 Å². The van der Waals surface area contributed by atoms with E-state index in [2.05, 4.69) is 4.90 Å². The van der Waals surface area contributed by atoms with Crippen molar-refractivity contribution in [1.29, 1.82) is 0 Å². The third-order valence-corrected chi connectivity index (χ3v) is 4.53. The molecule has 1 aliphatic carbocycles. The molecular formula is C13H23F3N2O. The van der Waals surface area contributed by atoms with Crippen LogP contribution in [0.2, 0.25) is 0 Å². The highest BCUT2D eigenvalue weighted by atomic mass is 19.4. The highest BCUT2D eigenvalue weighted by Gasteiger charge is 2.41. The summed E-state index contributed by atoms with van der Waals surface area (Å²) in [5.41, 5.74) is 0. The molecule has 1 aliphatic heterocycles. The molecule has 0 spiro atoms. The lowest BCUT2D eigenvalue weighted by atomic mass is 9.91. The highest BCUT2D eigenvalue weighted by molar-refractivity contribution is 4.88. The average molecular weight is 280 g/mol. The first-order valence-corrected chi connectivity index (χ1v) is 7.12. The zero-order valence-corrected chi connectivity index (χ0v) is 11.4. The molecule has 0 radical (unpaired) electrons. The molecular weight excluding hydrogens is 257 g/mol. The highest BCUT2D eigenvalue weighted by Crippen LogP contribution is 2.27. The molecule has 1 saturated carbocycles. The van der Waals surface area contributed by atoms with Crippen LogP contribution in [0.15, 0.2) is 0 Å². The van der Waals surface area contributed by atoms with E-state index in [1.54, 1.807) is 0 Å². The molecule has 0 amide bonds. The van der Waals surface area contributed by atoms with Gasteiger partial charge in [0, 0.05) is 32.2 Å². The number of hydrogen-bond acceptors (Lipinski definition) is 3. The van der Waals surface area contributed by atoms with Crippen molar-refractivity contribution in [2.45, 2.75) is 57.0 Å². The maximum Gasteiger partial charge on any atom is 0.403 e. The first kappa shape index (κ1) is 15.1. The molecule has 112 valence electrons. The number of hydrogen-bond donors (Lipinski definition) is 1. The van der Waals surface area contributed by atoms with Crippen LogP contribution < -0.4 is 0 Å². The lowest BCUT2D eigenvalue weighted by Gasteiger charge is -2.44. The van der Waals surface area contributed by atoms with E-state index in [1.807, 2.05) is 0 Å². The molecule has 2 rings (SSSR count). The quantitative estimate of drug-likeness (QED) is 0.836. The number of aliphatic hydroxyl groups excluding tert-OH is 1. The Hall–Kier alpha value is -0.330. The Morgan fingerprint density at radius 1 is 1.05 bits per heavy atom. The lowest BCUT2D eigenvalue weighted by Crippen LogP contribution is -2.58. The molecule has 19 heavy (non-hydrogen) atoms. The second kappa shape index (κ2) is 5.97. The summed E-state index contributed by atoms with van der Waals surface area (Å²) in [6.07, 6.45) is -0.490. The number of piperazine rings is 1. The van der Waals surface area contributed by atoms with Crippen LogP contribution in [0, 0.1) is 0 Å². The first-order valence-electron chi connectivity index (χ1n) is 7.12. The van der Waals surface area contributed by atoms with Crippen LogP contribution in [0.3, 0.4) is 0 Å². The van der Waals surface area contributed by atoms with Crippen LogP contribution in [-0.2, 0) is 0 Å². The standard InChI is InChI=1S/C13H23F3N2O/c1-10(13(14,15)16)17-6-8-18(9-7-17)11-4-2-3-5-12(11)19/h10-12,19H,2-9H2,1H3. The van der Waals surface area contributed by atoms with Crippen LogP contribution in [0.4, 0.5) is 13.2 Å². The van der Waals surface area contributed by atoms with Gasteiger partial charge in [-0.2, -0.15) is 13.2 Å². The van der Waals surface area contributed by atoms with Crippen LogP contribution in [0.25, 0.3) is 0 Å². The number of halogens is 3. The number of alkyl halides is 3. The summed E-state index contributed by atoms with van der Waals surface area (Å²) in [6.45, 7) is 3.35. The van der Waals surface area contributed by atoms with Gasteiger partial charge in [-0.25, -0.2) is 0 Å². The van der Waals surface area contributed by atoms with E-state index in [9.17, 15) is 18.3 Å². The number of rotatable bonds is 2. The fourth-order valence-electron chi connectivity index (χ4n) is 3.18. The van der Waals surface area contributed by atoms with Gasteiger partial charge in [-0.05, 0) is 19.8 Å². The summed E-state index contributed by atoms with van der Waals surface area (Å²) in [6, 6.07) is -1.22. The van der Waals surface area contributed by atoms with E-state index in [4.69, 9.17) is 0 Å². The topological polar surface area (TPSA) is 26.7 Å². The zero-order chi connectivity index (χ0) is 14.0. The number of aliphatic hydroxyl groups is 1. The summed E-state index contributed by atoms with van der Waals surface area (Å²) in [7, 11) is 0. The average Bonchev–Trinajstić information content (AvgIpc) is 2.38. The lowest BCUT2D eigenvalue weighted by molar-refractivity contribution is -0.184. The summed E-state index contributed by atoms with van der Waals surface area (Å²) in [5.74, 6) is 0. The van der Waals surface area contributed by atoms with Gasteiger partial charge < -0.3 is 5.11 Å². The van der Waals surface area contributed by atoms with Gasteiger partial charge in [-0.15, -0.1) is 0 Å². The fourth-order valence-corrected chi connectivity index (χ4v) is 3.18. The Labute approximate surface area is 112 Å². The van der Waals surface area contributed by atoms with Crippen molar-refractivity contribution < 1.29 is 18.3 Å². The van der Waals surface area contributed by atoms with Gasteiger partial charge in [0.2, 0.25) is 0 Å². The van der Waals surface area contributed by atoms with Gasteiger partial charge in [-0.1, -0.05) is 12.8 Å². The minimum atomic E-state index is -4.15. The van der Waals surface area contributed by atoms with E-state index >= 15 is 0 Å². The summed E-state index contributed by atoms with van der Waals surface area (Å²) in [4.78, 5) is 3.66. The van der Waals surface area contributed by atoms with Gasteiger partial charge in [0.1, 0.15) is 6.04 Å². The Morgan fingerprint density at radius 3 is 2.16 bits per heavy atom. The molecule has 0 aromatic rings. The first-order chi connectivity index (χ1) is 8.89. The molecule has 1 saturated heterocycles. The molecule has 3 atom stereocenters. The molecule has 2 aliphatic rings. The predicted octanol–water partition coefficient (Wildman–Crippen LogP) is 1.86. The normalized spacial score (nSPS) is 33.3. The Balaban J connectivity index is 1.85. The summed E-state index contributed by atoms with van der Waals surface area (Å²) in [5, 5.41) is 9.99. The van der Waals surface area contributed by atoms with Gasteiger partial charge in [0.25, 0.3) is 0 Å². The van der Waals surface area contributed by atoms with Crippen LogP contribution >= 0.6 is 0 Å². The molecule has 2 fully saturated rings. The van der Waals surface area contributed by atoms with Crippen molar-refractivity contribution in [3.63, 3.8) is 0 Å². The molecule has 1 N–H and O–H groups in total. The predicted molar refractivity (Wildman–Crippen MR) is 66.9 cm³/mol.